The summed E-state index contributed by atoms with van der Waals surface area (Å²) in [5.41, 5.74) is -0.122. The molecule has 1 amide bonds. The van der Waals surface area contributed by atoms with Gasteiger partial charge in [0.1, 0.15) is 0 Å². The van der Waals surface area contributed by atoms with Gasteiger partial charge in [0, 0.05) is 20.2 Å². The quantitative estimate of drug-likeness (QED) is 0.580. The molecule has 0 aliphatic heterocycles. The number of nitro benzene ring substituents is 1. The topological polar surface area (TPSA) is 81.9 Å². The molecule has 0 fully saturated rings. The normalized spacial score (nSPS) is 9.72. The van der Waals surface area contributed by atoms with Gasteiger partial charge in [0.05, 0.1) is 18.1 Å². The van der Waals surface area contributed by atoms with Crippen molar-refractivity contribution >= 4 is 11.6 Å². The fraction of sp³-hybridized carbons (Fsp3) is 0.364. The predicted octanol–water partition coefficient (Wildman–Crippen LogP) is 1.07. The molecule has 0 aromatic heterocycles. The van der Waals surface area contributed by atoms with Gasteiger partial charge in [-0.25, -0.2) is 0 Å². The highest BCUT2D eigenvalue weighted by molar-refractivity contribution is 5.77. The maximum absolute atomic E-state index is 11.4. The number of rotatable bonds is 5. The number of methoxy groups -OCH3 is 1. The number of carbonyl (C=O) groups excluding carboxylic acids is 1. The predicted molar refractivity (Wildman–Crippen MR) is 63.8 cm³/mol. The third kappa shape index (κ3) is 3.34. The smallest absolute Gasteiger partial charge is 0.273 e. The number of amides is 1. The molecule has 0 spiro atoms. The highest BCUT2D eigenvalue weighted by Crippen LogP contribution is 2.30. The van der Waals surface area contributed by atoms with E-state index in [9.17, 15) is 14.9 Å². The summed E-state index contributed by atoms with van der Waals surface area (Å²) in [7, 11) is 4.61. The Labute approximate surface area is 104 Å². The highest BCUT2D eigenvalue weighted by Gasteiger charge is 2.14. The minimum atomic E-state index is -0.542. The van der Waals surface area contributed by atoms with Crippen LogP contribution in [0.4, 0.5) is 5.69 Å². The first kappa shape index (κ1) is 13.8. The molecule has 7 heteroatoms. The molecule has 98 valence electrons. The fourth-order valence-electron chi connectivity index (χ4n) is 1.16. The zero-order chi connectivity index (χ0) is 13.7. The van der Waals surface area contributed by atoms with Crippen molar-refractivity contribution < 1.29 is 19.2 Å². The van der Waals surface area contributed by atoms with Crippen molar-refractivity contribution in [3.63, 3.8) is 0 Å². The lowest BCUT2D eigenvalue weighted by Gasteiger charge is -2.13. The lowest BCUT2D eigenvalue weighted by atomic mass is 10.3. The van der Waals surface area contributed by atoms with Crippen LogP contribution in [-0.4, -0.2) is 43.5 Å². The largest absolute Gasteiger partial charge is 0.493 e. The minimum absolute atomic E-state index is 0.122. The molecule has 0 saturated heterocycles. The van der Waals surface area contributed by atoms with Gasteiger partial charge >= 0.3 is 0 Å². The summed E-state index contributed by atoms with van der Waals surface area (Å²) in [5, 5.41) is 10.6. The molecule has 7 nitrogen and oxygen atoms in total. The standard InChI is InChI=1S/C11H14N2O5/c1-12(2)11(14)7-18-10-6-8(13(15)16)4-5-9(10)17-3/h4-6H,7H2,1-3H3. The molecule has 0 aliphatic carbocycles. The van der Waals surface area contributed by atoms with Crippen LogP contribution in [0.1, 0.15) is 0 Å². The second-order valence-electron chi connectivity index (χ2n) is 3.67. The molecule has 0 saturated carbocycles. The molecule has 1 aromatic carbocycles. The van der Waals surface area contributed by atoms with Gasteiger partial charge in [-0.15, -0.1) is 0 Å². The van der Waals surface area contributed by atoms with E-state index in [-0.39, 0.29) is 24.0 Å². The van der Waals surface area contributed by atoms with Crippen LogP contribution in [0, 0.1) is 10.1 Å². The Kier molecular flexibility index (Phi) is 4.47. The zero-order valence-corrected chi connectivity index (χ0v) is 10.4. The van der Waals surface area contributed by atoms with Crippen molar-refractivity contribution in [1.82, 2.24) is 4.90 Å². The molecule has 1 aromatic rings. The molecular weight excluding hydrogens is 240 g/mol. The van der Waals surface area contributed by atoms with E-state index in [2.05, 4.69) is 0 Å². The average molecular weight is 254 g/mol. The minimum Gasteiger partial charge on any atom is -0.493 e. The van der Waals surface area contributed by atoms with Crippen molar-refractivity contribution in [2.24, 2.45) is 0 Å². The van der Waals surface area contributed by atoms with Crippen LogP contribution in [-0.2, 0) is 4.79 Å². The fourth-order valence-corrected chi connectivity index (χ4v) is 1.16. The van der Waals surface area contributed by atoms with E-state index in [1.807, 2.05) is 0 Å². The van der Waals surface area contributed by atoms with Gasteiger partial charge in [0.15, 0.2) is 18.1 Å². The number of benzene rings is 1. The molecule has 18 heavy (non-hydrogen) atoms. The summed E-state index contributed by atoms with van der Waals surface area (Å²) in [6, 6.07) is 3.95. The average Bonchev–Trinajstić information content (AvgIpc) is 2.35. The number of nitrogens with zero attached hydrogens (tertiary/aromatic N) is 2. The summed E-state index contributed by atoms with van der Waals surface area (Å²) in [4.78, 5) is 22.8. The van der Waals surface area contributed by atoms with Crippen molar-refractivity contribution in [3.05, 3.63) is 28.3 Å². The SMILES string of the molecule is COc1ccc([N+](=O)[O-])cc1OCC(=O)N(C)C. The van der Waals surface area contributed by atoms with Gasteiger partial charge in [0.2, 0.25) is 0 Å². The van der Waals surface area contributed by atoms with Crippen LogP contribution in [0.15, 0.2) is 18.2 Å². The Morgan fingerprint density at radius 3 is 2.56 bits per heavy atom. The van der Waals surface area contributed by atoms with E-state index in [0.29, 0.717) is 5.75 Å². The van der Waals surface area contributed by atoms with E-state index in [4.69, 9.17) is 9.47 Å². The van der Waals surface area contributed by atoms with E-state index in [1.54, 1.807) is 14.1 Å². The maximum Gasteiger partial charge on any atom is 0.273 e. The van der Waals surface area contributed by atoms with Gasteiger partial charge in [0.25, 0.3) is 11.6 Å². The van der Waals surface area contributed by atoms with Crippen LogP contribution < -0.4 is 9.47 Å². The molecule has 0 bridgehead atoms. The zero-order valence-electron chi connectivity index (χ0n) is 10.4. The summed E-state index contributed by atoms with van der Waals surface area (Å²) in [6.07, 6.45) is 0. The lowest BCUT2D eigenvalue weighted by molar-refractivity contribution is -0.385. The first-order chi connectivity index (χ1) is 8.45. The third-order valence-corrected chi connectivity index (χ3v) is 2.21. The molecule has 0 atom stereocenters. The van der Waals surface area contributed by atoms with Crippen molar-refractivity contribution in [2.45, 2.75) is 0 Å². The van der Waals surface area contributed by atoms with E-state index in [0.717, 1.165) is 0 Å². The number of hydrogen-bond donors (Lipinski definition) is 0. The number of hydrogen-bond acceptors (Lipinski definition) is 5. The number of ether oxygens (including phenoxy) is 2. The Balaban J connectivity index is 2.88. The Morgan fingerprint density at radius 1 is 1.39 bits per heavy atom. The van der Waals surface area contributed by atoms with Crippen LogP contribution in [0.5, 0.6) is 11.5 Å². The number of nitro groups is 1. The van der Waals surface area contributed by atoms with E-state index in [1.165, 1.54) is 30.2 Å². The Morgan fingerprint density at radius 2 is 2.06 bits per heavy atom. The van der Waals surface area contributed by atoms with Crippen LogP contribution >= 0.6 is 0 Å². The molecule has 0 heterocycles. The monoisotopic (exact) mass is 254 g/mol. The second kappa shape index (κ2) is 5.85. The van der Waals surface area contributed by atoms with Crippen LogP contribution in [0.3, 0.4) is 0 Å². The first-order valence-electron chi connectivity index (χ1n) is 5.11. The Bertz CT molecular complexity index is 459. The number of non-ortho nitro benzene ring substituents is 1. The summed E-state index contributed by atoms with van der Waals surface area (Å²) >= 11 is 0. The van der Waals surface area contributed by atoms with Gasteiger partial charge in [-0.05, 0) is 6.07 Å². The lowest BCUT2D eigenvalue weighted by Crippen LogP contribution is -2.27. The maximum atomic E-state index is 11.4. The van der Waals surface area contributed by atoms with Gasteiger partial charge in [-0.2, -0.15) is 0 Å². The first-order valence-corrected chi connectivity index (χ1v) is 5.11. The molecule has 0 radical (unpaired) electrons. The molecular formula is C11H14N2O5. The summed E-state index contributed by atoms with van der Waals surface area (Å²) in [5.74, 6) is 0.262. The van der Waals surface area contributed by atoms with Gasteiger partial charge < -0.3 is 14.4 Å². The van der Waals surface area contributed by atoms with Crippen molar-refractivity contribution in [3.8, 4) is 11.5 Å². The third-order valence-electron chi connectivity index (χ3n) is 2.21. The van der Waals surface area contributed by atoms with E-state index < -0.39 is 4.92 Å². The number of carbonyl (C=O) groups is 1. The summed E-state index contributed by atoms with van der Waals surface area (Å²) in [6.45, 7) is -0.204. The van der Waals surface area contributed by atoms with Gasteiger partial charge in [-0.1, -0.05) is 0 Å². The van der Waals surface area contributed by atoms with Crippen molar-refractivity contribution in [2.75, 3.05) is 27.8 Å². The van der Waals surface area contributed by atoms with Gasteiger partial charge in [-0.3, -0.25) is 14.9 Å². The van der Waals surface area contributed by atoms with Crippen LogP contribution in [0.25, 0.3) is 0 Å². The van der Waals surface area contributed by atoms with Crippen LogP contribution in [0.2, 0.25) is 0 Å². The Hall–Kier alpha value is -2.31. The molecule has 0 N–H and O–H groups in total. The molecule has 1 rings (SSSR count). The molecule has 0 aliphatic rings. The van der Waals surface area contributed by atoms with E-state index >= 15 is 0 Å². The molecule has 0 unspecified atom stereocenters. The second-order valence-corrected chi connectivity index (χ2v) is 3.67. The van der Waals surface area contributed by atoms with Crippen molar-refractivity contribution in [1.29, 1.82) is 0 Å². The highest BCUT2D eigenvalue weighted by atomic mass is 16.6. The summed E-state index contributed by atoms with van der Waals surface area (Å²) < 4.78 is 10.2. The number of likely N-dealkylation sites (N-methyl/N-ethyl adjacent to an activating group) is 1.